The minimum Gasteiger partial charge on any atom is -0.497 e. The number of ether oxygens (including phenoxy) is 1. The lowest BCUT2D eigenvalue weighted by molar-refractivity contribution is -0.0264. The summed E-state index contributed by atoms with van der Waals surface area (Å²) >= 11 is 0. The van der Waals surface area contributed by atoms with Gasteiger partial charge >= 0.3 is 0 Å². The summed E-state index contributed by atoms with van der Waals surface area (Å²) in [7, 11) is 1.65. The van der Waals surface area contributed by atoms with Crippen LogP contribution in [0.15, 0.2) is 71.4 Å². The number of likely N-dealkylation sites (tertiary alicyclic amines) is 1. The van der Waals surface area contributed by atoms with Gasteiger partial charge in [-0.2, -0.15) is 0 Å². The van der Waals surface area contributed by atoms with E-state index >= 15 is 0 Å². The van der Waals surface area contributed by atoms with Crippen molar-refractivity contribution in [2.75, 3.05) is 20.2 Å². The van der Waals surface area contributed by atoms with Crippen LogP contribution in [0.1, 0.15) is 24.2 Å². The monoisotopic (exact) mass is 429 g/mol. The van der Waals surface area contributed by atoms with Crippen LogP contribution >= 0.6 is 0 Å². The van der Waals surface area contributed by atoms with Crippen molar-refractivity contribution in [1.82, 2.24) is 15.0 Å². The topological polar surface area (TPSA) is 71.6 Å². The minimum atomic E-state index is -0.776. The molecule has 2 aromatic carbocycles. The SMILES string of the molecule is COc1cccc(-c2cc(CC3(O)CCN(Cc4cccc5ncccc45)CC3)on2)c1. The molecule has 5 rings (SSSR count). The van der Waals surface area contributed by atoms with Gasteiger partial charge in [-0.1, -0.05) is 35.5 Å². The van der Waals surface area contributed by atoms with Gasteiger partial charge in [0.05, 0.1) is 18.2 Å². The van der Waals surface area contributed by atoms with Crippen molar-refractivity contribution >= 4 is 10.9 Å². The molecule has 1 aliphatic heterocycles. The standard InChI is InChI=1S/C26H27N3O3/c1-31-21-7-2-5-19(15-21)25-16-22(32-28-25)17-26(30)10-13-29(14-11-26)18-20-6-3-9-24-23(20)8-4-12-27-24/h2-9,12,15-16,30H,10-11,13-14,17-18H2,1H3. The molecule has 6 nitrogen and oxygen atoms in total. The number of aliphatic hydroxyl groups is 1. The molecule has 1 saturated heterocycles. The van der Waals surface area contributed by atoms with E-state index in [-0.39, 0.29) is 0 Å². The van der Waals surface area contributed by atoms with Crippen molar-refractivity contribution in [2.24, 2.45) is 0 Å². The van der Waals surface area contributed by atoms with Crippen molar-refractivity contribution in [1.29, 1.82) is 0 Å². The van der Waals surface area contributed by atoms with Crippen molar-refractivity contribution in [2.45, 2.75) is 31.4 Å². The van der Waals surface area contributed by atoms with E-state index in [1.807, 2.05) is 48.7 Å². The molecule has 0 unspecified atom stereocenters. The van der Waals surface area contributed by atoms with Gasteiger partial charge in [-0.05, 0) is 42.7 Å². The first-order valence-corrected chi connectivity index (χ1v) is 11.0. The Morgan fingerprint density at radius 1 is 1.06 bits per heavy atom. The van der Waals surface area contributed by atoms with E-state index < -0.39 is 5.60 Å². The van der Waals surface area contributed by atoms with E-state index in [2.05, 4.69) is 33.2 Å². The second-order valence-corrected chi connectivity index (χ2v) is 8.57. The lowest BCUT2D eigenvalue weighted by Gasteiger charge is -2.37. The molecular weight excluding hydrogens is 402 g/mol. The zero-order valence-electron chi connectivity index (χ0n) is 18.2. The molecule has 0 saturated carbocycles. The van der Waals surface area contributed by atoms with Crippen LogP contribution in [0.4, 0.5) is 0 Å². The van der Waals surface area contributed by atoms with Crippen molar-refractivity contribution in [3.63, 3.8) is 0 Å². The van der Waals surface area contributed by atoms with E-state index in [1.54, 1.807) is 7.11 Å². The molecule has 0 atom stereocenters. The largest absolute Gasteiger partial charge is 0.497 e. The zero-order valence-corrected chi connectivity index (χ0v) is 18.2. The highest BCUT2D eigenvalue weighted by Crippen LogP contribution is 2.30. The van der Waals surface area contributed by atoms with Crippen LogP contribution in [0.3, 0.4) is 0 Å². The first-order chi connectivity index (χ1) is 15.6. The first-order valence-electron chi connectivity index (χ1n) is 11.0. The lowest BCUT2D eigenvalue weighted by Crippen LogP contribution is -2.45. The summed E-state index contributed by atoms with van der Waals surface area (Å²) in [5, 5.41) is 16.6. The van der Waals surface area contributed by atoms with E-state index in [1.165, 1.54) is 10.9 Å². The predicted molar refractivity (Wildman–Crippen MR) is 123 cm³/mol. The van der Waals surface area contributed by atoms with Crippen LogP contribution in [0, 0.1) is 0 Å². The molecule has 6 heteroatoms. The van der Waals surface area contributed by atoms with E-state index in [0.717, 1.165) is 42.2 Å². The molecule has 3 heterocycles. The quantitative estimate of drug-likeness (QED) is 0.488. The number of methoxy groups -OCH3 is 1. The summed E-state index contributed by atoms with van der Waals surface area (Å²) in [5.41, 5.74) is 3.22. The third kappa shape index (κ3) is 4.38. The molecule has 1 fully saturated rings. The van der Waals surface area contributed by atoms with Crippen molar-refractivity contribution in [3.8, 4) is 17.0 Å². The molecule has 4 aromatic rings. The fraction of sp³-hybridized carbons (Fsp3) is 0.308. The number of piperidine rings is 1. The highest BCUT2D eigenvalue weighted by atomic mass is 16.5. The maximum Gasteiger partial charge on any atom is 0.140 e. The molecule has 0 spiro atoms. The Labute approximate surface area is 187 Å². The number of fused-ring (bicyclic) bond motifs is 1. The van der Waals surface area contributed by atoms with Crippen LogP contribution in [0.25, 0.3) is 22.2 Å². The van der Waals surface area contributed by atoms with Gasteiger partial charge in [0.15, 0.2) is 0 Å². The number of nitrogens with zero attached hydrogens (tertiary/aromatic N) is 3. The summed E-state index contributed by atoms with van der Waals surface area (Å²) in [6.07, 6.45) is 3.70. The third-order valence-corrected chi connectivity index (χ3v) is 6.34. The van der Waals surface area contributed by atoms with Crippen LogP contribution in [0.2, 0.25) is 0 Å². The Morgan fingerprint density at radius 2 is 1.91 bits per heavy atom. The van der Waals surface area contributed by atoms with E-state index in [4.69, 9.17) is 9.26 Å². The molecule has 1 N–H and O–H groups in total. The Hall–Kier alpha value is -3.22. The molecule has 32 heavy (non-hydrogen) atoms. The molecule has 0 aliphatic carbocycles. The summed E-state index contributed by atoms with van der Waals surface area (Å²) < 4.78 is 10.9. The van der Waals surface area contributed by atoms with Gasteiger partial charge < -0.3 is 14.4 Å². The minimum absolute atomic E-state index is 0.468. The second-order valence-electron chi connectivity index (χ2n) is 8.57. The summed E-state index contributed by atoms with van der Waals surface area (Å²) in [4.78, 5) is 6.86. The number of hydrogen-bond acceptors (Lipinski definition) is 6. The van der Waals surface area contributed by atoms with Gasteiger partial charge in [-0.15, -0.1) is 0 Å². The molecule has 0 amide bonds. The number of aromatic nitrogens is 2. The summed E-state index contributed by atoms with van der Waals surface area (Å²) in [6, 6.07) is 20.0. The maximum atomic E-state index is 11.2. The van der Waals surface area contributed by atoms with Crippen molar-refractivity contribution < 1.29 is 14.4 Å². The zero-order chi connectivity index (χ0) is 22.0. The number of benzene rings is 2. The van der Waals surface area contributed by atoms with Gasteiger partial charge in [0.2, 0.25) is 0 Å². The molecule has 2 aromatic heterocycles. The smallest absolute Gasteiger partial charge is 0.140 e. The predicted octanol–water partition coefficient (Wildman–Crippen LogP) is 4.47. The Kier molecular flexibility index (Phi) is 5.64. The van der Waals surface area contributed by atoms with Gasteiger partial charge in [0.1, 0.15) is 17.2 Å². The number of rotatable bonds is 6. The highest BCUT2D eigenvalue weighted by molar-refractivity contribution is 5.81. The second kappa shape index (κ2) is 8.73. The van der Waals surface area contributed by atoms with Crippen LogP contribution in [0.5, 0.6) is 5.75 Å². The average Bonchev–Trinajstić information content (AvgIpc) is 3.29. The molecule has 1 aliphatic rings. The van der Waals surface area contributed by atoms with E-state index in [9.17, 15) is 5.11 Å². The van der Waals surface area contributed by atoms with Gasteiger partial charge in [-0.25, -0.2) is 0 Å². The number of pyridine rings is 1. The van der Waals surface area contributed by atoms with Gasteiger partial charge in [0, 0.05) is 49.3 Å². The fourth-order valence-corrected chi connectivity index (χ4v) is 4.49. The van der Waals surface area contributed by atoms with Crippen LogP contribution in [-0.4, -0.2) is 45.9 Å². The number of hydrogen-bond donors (Lipinski definition) is 1. The average molecular weight is 430 g/mol. The summed E-state index contributed by atoms with van der Waals surface area (Å²) in [5.74, 6) is 1.49. The third-order valence-electron chi connectivity index (χ3n) is 6.34. The molecule has 0 radical (unpaired) electrons. The first kappa shape index (κ1) is 20.7. The normalized spacial score (nSPS) is 16.3. The van der Waals surface area contributed by atoms with Gasteiger partial charge in [-0.3, -0.25) is 9.88 Å². The maximum absolute atomic E-state index is 11.2. The Balaban J connectivity index is 1.22. The summed E-state index contributed by atoms with van der Waals surface area (Å²) in [6.45, 7) is 2.54. The lowest BCUT2D eigenvalue weighted by atomic mass is 9.87. The van der Waals surface area contributed by atoms with E-state index in [0.29, 0.717) is 25.0 Å². The van der Waals surface area contributed by atoms with Crippen LogP contribution < -0.4 is 4.74 Å². The van der Waals surface area contributed by atoms with Crippen LogP contribution in [-0.2, 0) is 13.0 Å². The molecular formula is C26H27N3O3. The fourth-order valence-electron chi connectivity index (χ4n) is 4.49. The Morgan fingerprint density at radius 3 is 2.75 bits per heavy atom. The van der Waals surface area contributed by atoms with Crippen molar-refractivity contribution in [3.05, 3.63) is 78.2 Å². The Bertz CT molecular complexity index is 1210. The van der Waals surface area contributed by atoms with Gasteiger partial charge in [0.25, 0.3) is 0 Å². The highest BCUT2D eigenvalue weighted by Gasteiger charge is 2.34. The molecule has 164 valence electrons. The molecule has 0 bridgehead atoms.